The smallest absolute Gasteiger partial charge is 0.310 e. The number of methoxy groups -OCH3 is 1. The lowest BCUT2D eigenvalue weighted by molar-refractivity contribution is -0.385. The Balaban J connectivity index is 1.68. The quantitative estimate of drug-likeness (QED) is 0.406. The summed E-state index contributed by atoms with van der Waals surface area (Å²) < 4.78 is 15.9. The Labute approximate surface area is 178 Å². The van der Waals surface area contributed by atoms with Crippen molar-refractivity contribution >= 4 is 11.6 Å². The zero-order chi connectivity index (χ0) is 22.4. The van der Waals surface area contributed by atoms with Gasteiger partial charge in [-0.25, -0.2) is 0 Å². The minimum Gasteiger partial charge on any atom is -0.497 e. The number of aromatic nitrogens is 2. The molecule has 0 saturated heterocycles. The van der Waals surface area contributed by atoms with Crippen molar-refractivity contribution in [1.82, 2.24) is 15.5 Å². The van der Waals surface area contributed by atoms with Crippen LogP contribution in [-0.4, -0.2) is 34.7 Å². The maximum Gasteiger partial charge on any atom is 0.310 e. The SMILES string of the molecule is COc1ccc(-c2noc([C@H](NC(=O)COc3ccccc3[N+](=O)[O-])C(C)C)n2)cc1. The second kappa shape index (κ2) is 9.70. The fourth-order valence-electron chi connectivity index (χ4n) is 2.82. The number of nitrogens with one attached hydrogen (secondary N) is 1. The maximum absolute atomic E-state index is 12.4. The molecule has 0 spiro atoms. The van der Waals surface area contributed by atoms with E-state index in [0.29, 0.717) is 11.6 Å². The molecule has 1 amide bonds. The molecule has 1 heterocycles. The molecule has 0 radical (unpaired) electrons. The van der Waals surface area contributed by atoms with Crippen LogP contribution in [0, 0.1) is 16.0 Å². The van der Waals surface area contributed by atoms with Gasteiger partial charge >= 0.3 is 5.69 Å². The lowest BCUT2D eigenvalue weighted by Crippen LogP contribution is -2.35. The molecule has 0 aliphatic heterocycles. The van der Waals surface area contributed by atoms with Crippen LogP contribution in [0.4, 0.5) is 5.69 Å². The zero-order valence-electron chi connectivity index (χ0n) is 17.3. The Morgan fingerprint density at radius 2 is 1.90 bits per heavy atom. The van der Waals surface area contributed by atoms with E-state index in [4.69, 9.17) is 14.0 Å². The normalized spacial score (nSPS) is 11.7. The number of hydrogen-bond acceptors (Lipinski definition) is 8. The van der Waals surface area contributed by atoms with Gasteiger partial charge in [-0.1, -0.05) is 31.1 Å². The number of carbonyl (C=O) groups excluding carboxylic acids is 1. The first-order valence-corrected chi connectivity index (χ1v) is 9.52. The highest BCUT2D eigenvalue weighted by Crippen LogP contribution is 2.27. The van der Waals surface area contributed by atoms with Crippen LogP contribution < -0.4 is 14.8 Å². The van der Waals surface area contributed by atoms with Crippen LogP contribution in [0.3, 0.4) is 0 Å². The molecule has 0 aliphatic rings. The summed E-state index contributed by atoms with van der Waals surface area (Å²) in [5, 5.41) is 17.8. The summed E-state index contributed by atoms with van der Waals surface area (Å²) >= 11 is 0. The standard InChI is InChI=1S/C21H22N4O6/c1-13(2)19(21-23-20(24-31-21)14-8-10-15(29-3)11-9-14)22-18(26)12-30-17-7-5-4-6-16(17)25(27)28/h4-11,13,19H,12H2,1-3H3,(H,22,26)/t19-/m1/s1. The van der Waals surface area contributed by atoms with Gasteiger partial charge in [0.15, 0.2) is 12.4 Å². The monoisotopic (exact) mass is 426 g/mol. The molecule has 3 rings (SSSR count). The molecule has 10 heteroatoms. The van der Waals surface area contributed by atoms with E-state index in [1.54, 1.807) is 37.4 Å². The number of para-hydroxylation sites is 2. The third-order valence-electron chi connectivity index (χ3n) is 4.46. The minimum atomic E-state index is -0.566. The maximum atomic E-state index is 12.4. The van der Waals surface area contributed by atoms with Crippen molar-refractivity contribution in [3.8, 4) is 22.9 Å². The van der Waals surface area contributed by atoms with Gasteiger partial charge in [-0.2, -0.15) is 4.98 Å². The van der Waals surface area contributed by atoms with Gasteiger partial charge in [0.2, 0.25) is 11.7 Å². The zero-order valence-corrected chi connectivity index (χ0v) is 17.3. The summed E-state index contributed by atoms with van der Waals surface area (Å²) in [6.07, 6.45) is 0. The van der Waals surface area contributed by atoms with Crippen LogP contribution in [0.15, 0.2) is 53.1 Å². The van der Waals surface area contributed by atoms with Crippen LogP contribution in [0.5, 0.6) is 11.5 Å². The van der Waals surface area contributed by atoms with E-state index in [2.05, 4.69) is 15.5 Å². The van der Waals surface area contributed by atoms with E-state index < -0.39 is 23.5 Å². The summed E-state index contributed by atoms with van der Waals surface area (Å²) in [5.41, 5.74) is 0.529. The second-order valence-corrected chi connectivity index (χ2v) is 6.99. The molecule has 2 aromatic carbocycles. The van der Waals surface area contributed by atoms with Crippen LogP contribution in [0.2, 0.25) is 0 Å². The van der Waals surface area contributed by atoms with E-state index in [1.165, 1.54) is 18.2 Å². The van der Waals surface area contributed by atoms with Crippen molar-refractivity contribution in [2.24, 2.45) is 5.92 Å². The molecular formula is C21H22N4O6. The molecule has 162 valence electrons. The van der Waals surface area contributed by atoms with Crippen LogP contribution in [0.25, 0.3) is 11.4 Å². The summed E-state index contributed by atoms with van der Waals surface area (Å²) in [5.74, 6) is 0.829. The second-order valence-electron chi connectivity index (χ2n) is 6.99. The first kappa shape index (κ1) is 21.8. The molecule has 0 unspecified atom stereocenters. The lowest BCUT2D eigenvalue weighted by atomic mass is 10.0. The van der Waals surface area contributed by atoms with Crippen molar-refractivity contribution in [3.63, 3.8) is 0 Å². The summed E-state index contributed by atoms with van der Waals surface area (Å²) in [7, 11) is 1.58. The van der Waals surface area contributed by atoms with Crippen LogP contribution in [0.1, 0.15) is 25.8 Å². The minimum absolute atomic E-state index is 0.0170. The van der Waals surface area contributed by atoms with Gasteiger partial charge in [0.25, 0.3) is 5.91 Å². The molecule has 1 N–H and O–H groups in total. The van der Waals surface area contributed by atoms with Gasteiger partial charge in [0.1, 0.15) is 11.8 Å². The van der Waals surface area contributed by atoms with Gasteiger partial charge in [0.05, 0.1) is 12.0 Å². The molecule has 10 nitrogen and oxygen atoms in total. The molecule has 1 atom stereocenters. The number of nitro benzene ring substituents is 1. The van der Waals surface area contributed by atoms with E-state index in [-0.39, 0.29) is 23.2 Å². The Morgan fingerprint density at radius 3 is 2.55 bits per heavy atom. The number of ether oxygens (including phenoxy) is 2. The number of nitrogens with zero attached hydrogens (tertiary/aromatic N) is 3. The third kappa shape index (κ3) is 5.35. The van der Waals surface area contributed by atoms with Crippen molar-refractivity contribution in [1.29, 1.82) is 0 Å². The van der Waals surface area contributed by atoms with E-state index >= 15 is 0 Å². The van der Waals surface area contributed by atoms with Crippen molar-refractivity contribution in [3.05, 3.63) is 64.5 Å². The molecule has 1 aromatic heterocycles. The molecule has 0 saturated carbocycles. The van der Waals surface area contributed by atoms with Gasteiger partial charge in [0, 0.05) is 11.6 Å². The molecule has 31 heavy (non-hydrogen) atoms. The number of benzene rings is 2. The highest BCUT2D eigenvalue weighted by molar-refractivity contribution is 5.78. The number of hydrogen-bond donors (Lipinski definition) is 1. The Hall–Kier alpha value is -3.95. The number of nitro groups is 1. The summed E-state index contributed by atoms with van der Waals surface area (Å²) in [6, 6.07) is 12.5. The van der Waals surface area contributed by atoms with Crippen LogP contribution >= 0.6 is 0 Å². The average molecular weight is 426 g/mol. The predicted octanol–water partition coefficient (Wildman–Crippen LogP) is 3.55. The molecule has 3 aromatic rings. The summed E-state index contributed by atoms with van der Waals surface area (Å²) in [6.45, 7) is 3.39. The number of rotatable bonds is 9. The largest absolute Gasteiger partial charge is 0.497 e. The first-order chi connectivity index (χ1) is 14.9. The molecule has 0 aliphatic carbocycles. The first-order valence-electron chi connectivity index (χ1n) is 9.52. The van der Waals surface area contributed by atoms with Crippen molar-refractivity contribution < 1.29 is 23.7 Å². The van der Waals surface area contributed by atoms with Crippen molar-refractivity contribution in [2.45, 2.75) is 19.9 Å². The Morgan fingerprint density at radius 1 is 1.19 bits per heavy atom. The highest BCUT2D eigenvalue weighted by Gasteiger charge is 2.25. The highest BCUT2D eigenvalue weighted by atomic mass is 16.6. The molecule has 0 fully saturated rings. The number of amides is 1. The Bertz CT molecular complexity index is 1050. The lowest BCUT2D eigenvalue weighted by Gasteiger charge is -2.18. The average Bonchev–Trinajstić information content (AvgIpc) is 3.25. The van der Waals surface area contributed by atoms with Gasteiger partial charge in [-0.3, -0.25) is 14.9 Å². The summed E-state index contributed by atoms with van der Waals surface area (Å²) in [4.78, 5) is 27.3. The van der Waals surface area contributed by atoms with Crippen molar-refractivity contribution in [2.75, 3.05) is 13.7 Å². The van der Waals surface area contributed by atoms with E-state index in [1.807, 2.05) is 13.8 Å². The third-order valence-corrected chi connectivity index (χ3v) is 4.46. The van der Waals surface area contributed by atoms with Gasteiger partial charge < -0.3 is 19.3 Å². The van der Waals surface area contributed by atoms with Crippen LogP contribution in [-0.2, 0) is 4.79 Å². The fourth-order valence-corrected chi connectivity index (χ4v) is 2.82. The van der Waals surface area contributed by atoms with E-state index in [0.717, 1.165) is 5.56 Å². The van der Waals surface area contributed by atoms with Gasteiger partial charge in [-0.05, 0) is 36.2 Å². The van der Waals surface area contributed by atoms with Gasteiger partial charge in [-0.15, -0.1) is 0 Å². The predicted molar refractivity (Wildman–Crippen MR) is 111 cm³/mol. The fraction of sp³-hybridized carbons (Fsp3) is 0.286. The Kier molecular flexibility index (Phi) is 6.81. The molecule has 0 bridgehead atoms. The number of carbonyl (C=O) groups is 1. The van der Waals surface area contributed by atoms with E-state index in [9.17, 15) is 14.9 Å². The molecular weight excluding hydrogens is 404 g/mol. The topological polar surface area (TPSA) is 130 Å².